The normalized spacial score (nSPS) is 24.2. The van der Waals surface area contributed by atoms with Gasteiger partial charge in [0.2, 0.25) is 5.91 Å². The molecule has 1 aromatic carbocycles. The van der Waals surface area contributed by atoms with Crippen molar-refractivity contribution in [1.29, 1.82) is 0 Å². The fourth-order valence-corrected chi connectivity index (χ4v) is 3.06. The van der Waals surface area contributed by atoms with Crippen molar-refractivity contribution in [3.05, 3.63) is 24.3 Å². The van der Waals surface area contributed by atoms with E-state index in [-0.39, 0.29) is 5.91 Å². The van der Waals surface area contributed by atoms with Gasteiger partial charge in [-0.25, -0.2) is 0 Å². The predicted octanol–water partition coefficient (Wildman–Crippen LogP) is 2.51. The van der Waals surface area contributed by atoms with Gasteiger partial charge in [0.05, 0.1) is 6.61 Å². The van der Waals surface area contributed by atoms with Gasteiger partial charge in [0.1, 0.15) is 5.75 Å². The van der Waals surface area contributed by atoms with E-state index in [4.69, 9.17) is 4.74 Å². The molecule has 2 fully saturated rings. The molecule has 1 amide bonds. The Morgan fingerprint density at radius 3 is 2.80 bits per heavy atom. The molecule has 3 rings (SSSR count). The molecule has 0 spiro atoms. The summed E-state index contributed by atoms with van der Waals surface area (Å²) in [7, 11) is 0. The smallest absolute Gasteiger partial charge is 0.221 e. The van der Waals surface area contributed by atoms with Crippen LogP contribution >= 0.6 is 0 Å². The number of piperidine rings is 1. The minimum absolute atomic E-state index is 0.0531. The van der Waals surface area contributed by atoms with Crippen LogP contribution in [0.5, 0.6) is 5.75 Å². The van der Waals surface area contributed by atoms with Crippen LogP contribution in [-0.2, 0) is 4.79 Å². The van der Waals surface area contributed by atoms with E-state index in [1.165, 1.54) is 26.3 Å². The average Bonchev–Trinajstić information content (AvgIpc) is 3.10. The maximum Gasteiger partial charge on any atom is 0.221 e. The number of rotatable bonds is 6. The summed E-state index contributed by atoms with van der Waals surface area (Å²) < 4.78 is 5.74. The van der Waals surface area contributed by atoms with Crippen molar-refractivity contribution >= 4 is 11.6 Å². The van der Waals surface area contributed by atoms with E-state index in [1.54, 1.807) is 0 Å². The molecule has 1 saturated heterocycles. The number of fused-ring (bicyclic) bond motifs is 1. The summed E-state index contributed by atoms with van der Waals surface area (Å²) in [5.41, 5.74) is 0.807. The molecule has 1 N–H and O–H groups in total. The predicted molar refractivity (Wildman–Crippen MR) is 78.9 cm³/mol. The van der Waals surface area contributed by atoms with Crippen LogP contribution in [0.2, 0.25) is 0 Å². The Balaban J connectivity index is 1.36. The van der Waals surface area contributed by atoms with Crippen molar-refractivity contribution in [3.63, 3.8) is 0 Å². The molecule has 1 aliphatic heterocycles. The third-order valence-corrected chi connectivity index (χ3v) is 4.17. The van der Waals surface area contributed by atoms with Gasteiger partial charge in [-0.3, -0.25) is 9.69 Å². The van der Waals surface area contributed by atoms with Gasteiger partial charge < -0.3 is 10.1 Å². The van der Waals surface area contributed by atoms with E-state index < -0.39 is 0 Å². The lowest BCUT2D eigenvalue weighted by molar-refractivity contribution is -0.114. The highest BCUT2D eigenvalue weighted by Crippen LogP contribution is 2.44. The van der Waals surface area contributed by atoms with Gasteiger partial charge in [-0.2, -0.15) is 0 Å². The highest BCUT2D eigenvalue weighted by Gasteiger charge is 2.46. The molecule has 0 bridgehead atoms. The lowest BCUT2D eigenvalue weighted by Crippen LogP contribution is -2.25. The second-order valence-corrected chi connectivity index (χ2v) is 5.80. The number of hydrogen-bond donors (Lipinski definition) is 1. The lowest BCUT2D eigenvalue weighted by Gasteiger charge is -2.17. The Labute approximate surface area is 120 Å². The van der Waals surface area contributed by atoms with Crippen LogP contribution in [0.4, 0.5) is 5.69 Å². The minimum Gasteiger partial charge on any atom is -0.494 e. The van der Waals surface area contributed by atoms with Crippen LogP contribution in [0.15, 0.2) is 24.3 Å². The standard InChI is InChI=1S/C16H22N2O2/c1-12(19)17-14-3-5-15(6-4-14)20-10-2-8-18-9-7-13-11-16(13)18/h3-6,13,16H,2,7-11H2,1H3,(H,17,19)/t13-,16+/m0/s1. The molecule has 20 heavy (non-hydrogen) atoms. The molecular formula is C16H22N2O2. The van der Waals surface area contributed by atoms with Gasteiger partial charge in [-0.1, -0.05) is 0 Å². The molecule has 108 valence electrons. The number of carbonyl (C=O) groups excluding carboxylic acids is 1. The summed E-state index contributed by atoms with van der Waals surface area (Å²) in [5, 5.41) is 2.74. The van der Waals surface area contributed by atoms with Gasteiger partial charge in [-0.05, 0) is 56.0 Å². The van der Waals surface area contributed by atoms with E-state index in [1.807, 2.05) is 24.3 Å². The van der Waals surface area contributed by atoms with Crippen LogP contribution in [-0.4, -0.2) is 36.5 Å². The zero-order chi connectivity index (χ0) is 13.9. The van der Waals surface area contributed by atoms with Crippen molar-refractivity contribution in [2.24, 2.45) is 5.92 Å². The molecule has 1 saturated carbocycles. The second kappa shape index (κ2) is 5.83. The van der Waals surface area contributed by atoms with Gasteiger partial charge >= 0.3 is 0 Å². The van der Waals surface area contributed by atoms with Crippen molar-refractivity contribution in [1.82, 2.24) is 4.90 Å². The van der Waals surface area contributed by atoms with E-state index in [0.29, 0.717) is 0 Å². The SMILES string of the molecule is CC(=O)Nc1ccc(OCCCN2CC[C@H]3C[C@H]32)cc1. The first-order valence-electron chi connectivity index (χ1n) is 7.47. The van der Waals surface area contributed by atoms with Crippen LogP contribution < -0.4 is 10.1 Å². The zero-order valence-electron chi connectivity index (χ0n) is 12.0. The first kappa shape index (κ1) is 13.4. The van der Waals surface area contributed by atoms with Crippen LogP contribution in [0.3, 0.4) is 0 Å². The third kappa shape index (κ3) is 3.31. The molecule has 1 heterocycles. The number of nitrogens with one attached hydrogen (secondary N) is 1. The Bertz CT molecular complexity index is 472. The maximum absolute atomic E-state index is 10.9. The summed E-state index contributed by atoms with van der Waals surface area (Å²) in [5.74, 6) is 1.82. The zero-order valence-corrected chi connectivity index (χ0v) is 12.0. The summed E-state index contributed by atoms with van der Waals surface area (Å²) >= 11 is 0. The summed E-state index contributed by atoms with van der Waals surface area (Å²) in [6.07, 6.45) is 3.90. The maximum atomic E-state index is 10.9. The molecule has 4 heteroatoms. The van der Waals surface area contributed by atoms with Crippen LogP contribution in [0.1, 0.15) is 26.2 Å². The molecule has 0 unspecified atom stereocenters. The van der Waals surface area contributed by atoms with Crippen LogP contribution in [0, 0.1) is 5.92 Å². The molecule has 1 aliphatic carbocycles. The quantitative estimate of drug-likeness (QED) is 0.810. The highest BCUT2D eigenvalue weighted by molar-refractivity contribution is 5.88. The molecular weight excluding hydrogens is 252 g/mol. The lowest BCUT2D eigenvalue weighted by atomic mass is 10.3. The summed E-state index contributed by atoms with van der Waals surface area (Å²) in [4.78, 5) is 13.5. The number of amides is 1. The largest absolute Gasteiger partial charge is 0.494 e. The van der Waals surface area contributed by atoms with Crippen molar-refractivity contribution < 1.29 is 9.53 Å². The fraction of sp³-hybridized carbons (Fsp3) is 0.562. The first-order valence-corrected chi connectivity index (χ1v) is 7.47. The summed E-state index contributed by atoms with van der Waals surface area (Å²) in [6.45, 7) is 4.70. The molecule has 0 aromatic heterocycles. The first-order chi connectivity index (χ1) is 9.72. The Hall–Kier alpha value is -1.55. The summed E-state index contributed by atoms with van der Waals surface area (Å²) in [6, 6.07) is 8.43. The fourth-order valence-electron chi connectivity index (χ4n) is 3.06. The number of anilines is 1. The van der Waals surface area contributed by atoms with Crippen molar-refractivity contribution in [3.8, 4) is 5.75 Å². The molecule has 4 nitrogen and oxygen atoms in total. The minimum atomic E-state index is -0.0531. The van der Waals surface area contributed by atoms with Gasteiger partial charge in [0.15, 0.2) is 0 Å². The Morgan fingerprint density at radius 1 is 1.40 bits per heavy atom. The van der Waals surface area contributed by atoms with E-state index in [9.17, 15) is 4.79 Å². The van der Waals surface area contributed by atoms with E-state index in [2.05, 4.69) is 10.2 Å². The molecule has 1 aromatic rings. The monoisotopic (exact) mass is 274 g/mol. The van der Waals surface area contributed by atoms with E-state index >= 15 is 0 Å². The van der Waals surface area contributed by atoms with Gasteiger partial charge in [0, 0.05) is 25.2 Å². The highest BCUT2D eigenvalue weighted by atomic mass is 16.5. The van der Waals surface area contributed by atoms with Gasteiger partial charge in [0.25, 0.3) is 0 Å². The number of likely N-dealkylation sites (tertiary alicyclic amines) is 1. The number of carbonyl (C=O) groups is 1. The van der Waals surface area contributed by atoms with Gasteiger partial charge in [-0.15, -0.1) is 0 Å². The Kier molecular flexibility index (Phi) is 3.92. The number of ether oxygens (including phenoxy) is 1. The van der Waals surface area contributed by atoms with Crippen molar-refractivity contribution in [2.75, 3.05) is 25.0 Å². The molecule has 2 atom stereocenters. The van der Waals surface area contributed by atoms with Crippen molar-refractivity contribution in [2.45, 2.75) is 32.2 Å². The topological polar surface area (TPSA) is 41.6 Å². The number of benzene rings is 1. The van der Waals surface area contributed by atoms with Crippen LogP contribution in [0.25, 0.3) is 0 Å². The number of hydrogen-bond acceptors (Lipinski definition) is 3. The third-order valence-electron chi connectivity index (χ3n) is 4.17. The molecule has 2 aliphatic rings. The Morgan fingerprint density at radius 2 is 2.20 bits per heavy atom. The molecule has 0 radical (unpaired) electrons. The average molecular weight is 274 g/mol. The number of nitrogens with zero attached hydrogens (tertiary/aromatic N) is 1. The van der Waals surface area contributed by atoms with E-state index in [0.717, 1.165) is 43.0 Å². The second-order valence-electron chi connectivity index (χ2n) is 5.80.